The van der Waals surface area contributed by atoms with Crippen LogP contribution in [0.25, 0.3) is 11.0 Å². The van der Waals surface area contributed by atoms with Gasteiger partial charge in [-0.15, -0.1) is 0 Å². The van der Waals surface area contributed by atoms with E-state index in [2.05, 4.69) is 5.32 Å². The molecule has 2 aliphatic carbocycles. The molecule has 0 saturated heterocycles. The number of carbonyl (C=O) groups is 2. The molecule has 4 rings (SSSR count). The molecule has 1 N–H and O–H groups in total. The number of hydrogen-bond acceptors (Lipinski definition) is 6. The lowest BCUT2D eigenvalue weighted by atomic mass is 9.82. The minimum Gasteiger partial charge on any atom is -0.550 e. The van der Waals surface area contributed by atoms with Crippen molar-refractivity contribution in [1.29, 1.82) is 0 Å². The zero-order valence-corrected chi connectivity index (χ0v) is 18.0. The third kappa shape index (κ3) is 4.31. The SMILES string of the molecule is Cc1c(O[C@@H](C)C(=O)NCC2CCC(C(=O)[O-])CC2)ccc2c3c(c(=O)oc12)CCC3. The van der Waals surface area contributed by atoms with Crippen LogP contribution in [0.3, 0.4) is 0 Å². The number of nitrogens with one attached hydrogen (secondary N) is 1. The Morgan fingerprint density at radius 1 is 1.19 bits per heavy atom. The van der Waals surface area contributed by atoms with E-state index in [1.165, 1.54) is 0 Å². The first-order valence-corrected chi connectivity index (χ1v) is 11.1. The predicted octanol–water partition coefficient (Wildman–Crippen LogP) is 2.03. The zero-order valence-electron chi connectivity index (χ0n) is 18.0. The molecular formula is C24H28NO6-. The van der Waals surface area contributed by atoms with Gasteiger partial charge in [0, 0.05) is 29.0 Å². The maximum atomic E-state index is 12.5. The summed E-state index contributed by atoms with van der Waals surface area (Å²) in [5.74, 6) is -0.782. The number of amides is 1. The van der Waals surface area contributed by atoms with E-state index in [1.54, 1.807) is 6.92 Å². The zero-order chi connectivity index (χ0) is 22.1. The highest BCUT2D eigenvalue weighted by molar-refractivity contribution is 5.86. The van der Waals surface area contributed by atoms with E-state index in [4.69, 9.17) is 9.15 Å². The van der Waals surface area contributed by atoms with Crippen LogP contribution >= 0.6 is 0 Å². The number of rotatable bonds is 6. The number of aliphatic carboxylic acids is 1. The first-order valence-electron chi connectivity index (χ1n) is 11.1. The topological polar surface area (TPSA) is 109 Å². The molecule has 166 valence electrons. The number of aryl methyl sites for hydroxylation is 2. The van der Waals surface area contributed by atoms with Crippen molar-refractivity contribution in [2.45, 2.75) is 64.9 Å². The smallest absolute Gasteiger partial charge is 0.339 e. The van der Waals surface area contributed by atoms with Crippen molar-refractivity contribution < 1.29 is 23.8 Å². The molecule has 1 fully saturated rings. The lowest BCUT2D eigenvalue weighted by Gasteiger charge is -2.29. The van der Waals surface area contributed by atoms with E-state index in [9.17, 15) is 19.5 Å². The van der Waals surface area contributed by atoms with Gasteiger partial charge in [-0.3, -0.25) is 4.79 Å². The summed E-state index contributed by atoms with van der Waals surface area (Å²) in [5.41, 5.74) is 2.81. The van der Waals surface area contributed by atoms with Gasteiger partial charge in [-0.25, -0.2) is 4.79 Å². The van der Waals surface area contributed by atoms with Gasteiger partial charge in [0.15, 0.2) is 6.10 Å². The minimum atomic E-state index is -0.976. The largest absolute Gasteiger partial charge is 0.550 e. The van der Waals surface area contributed by atoms with Gasteiger partial charge in [-0.1, -0.05) is 0 Å². The summed E-state index contributed by atoms with van der Waals surface area (Å²) in [6.45, 7) is 4.02. The van der Waals surface area contributed by atoms with Crippen LogP contribution in [0.1, 0.15) is 55.7 Å². The van der Waals surface area contributed by atoms with Crippen LogP contribution < -0.4 is 20.8 Å². The molecule has 2 aliphatic rings. The molecule has 7 heteroatoms. The molecule has 1 atom stereocenters. The Morgan fingerprint density at radius 3 is 2.61 bits per heavy atom. The summed E-state index contributed by atoms with van der Waals surface area (Å²) in [6.07, 6.45) is 4.61. The third-order valence-electron chi connectivity index (χ3n) is 6.76. The molecule has 1 heterocycles. The molecule has 0 spiro atoms. The van der Waals surface area contributed by atoms with Crippen molar-refractivity contribution in [2.75, 3.05) is 6.54 Å². The van der Waals surface area contributed by atoms with Gasteiger partial charge in [0.2, 0.25) is 0 Å². The molecule has 2 aromatic rings. The van der Waals surface area contributed by atoms with Crippen LogP contribution in [0.2, 0.25) is 0 Å². The van der Waals surface area contributed by atoms with Crippen molar-refractivity contribution >= 4 is 22.8 Å². The lowest BCUT2D eigenvalue weighted by molar-refractivity contribution is -0.312. The van der Waals surface area contributed by atoms with E-state index in [0.29, 0.717) is 36.3 Å². The van der Waals surface area contributed by atoms with E-state index in [1.807, 2.05) is 19.1 Å². The number of benzene rings is 1. The summed E-state index contributed by atoms with van der Waals surface area (Å²) < 4.78 is 11.5. The Balaban J connectivity index is 1.39. The van der Waals surface area contributed by atoms with Gasteiger partial charge in [-0.2, -0.15) is 0 Å². The normalized spacial score (nSPS) is 21.5. The second-order valence-electron chi connectivity index (χ2n) is 8.81. The highest BCUT2D eigenvalue weighted by atomic mass is 16.5. The van der Waals surface area contributed by atoms with Gasteiger partial charge in [0.25, 0.3) is 5.91 Å². The van der Waals surface area contributed by atoms with Gasteiger partial charge < -0.3 is 24.4 Å². The van der Waals surface area contributed by atoms with Crippen molar-refractivity contribution in [1.82, 2.24) is 5.32 Å². The molecule has 0 unspecified atom stereocenters. The van der Waals surface area contributed by atoms with Crippen LogP contribution in [-0.2, 0) is 22.4 Å². The van der Waals surface area contributed by atoms with Crippen molar-refractivity contribution in [3.05, 3.63) is 39.2 Å². The highest BCUT2D eigenvalue weighted by Crippen LogP contribution is 2.33. The predicted molar refractivity (Wildman–Crippen MR) is 113 cm³/mol. The van der Waals surface area contributed by atoms with Crippen molar-refractivity contribution in [3.63, 3.8) is 0 Å². The second-order valence-corrected chi connectivity index (χ2v) is 8.81. The Kier molecular flexibility index (Phi) is 6.03. The molecule has 31 heavy (non-hydrogen) atoms. The number of hydrogen-bond donors (Lipinski definition) is 1. The average Bonchev–Trinajstić information content (AvgIpc) is 3.25. The lowest BCUT2D eigenvalue weighted by Crippen LogP contribution is -2.40. The summed E-state index contributed by atoms with van der Waals surface area (Å²) in [7, 11) is 0. The maximum Gasteiger partial charge on any atom is 0.339 e. The standard InChI is InChI=1S/C24H29NO6/c1-13-20(11-10-18-17-4-3-5-19(17)24(29)31-21(13)18)30-14(2)22(26)25-12-15-6-8-16(9-7-15)23(27)28/h10-11,14-16H,3-9,12H2,1-2H3,(H,25,26)(H,27,28)/p-1/t14-,15?,16?/m0/s1. The quantitative estimate of drug-likeness (QED) is 0.708. The number of carboxylic acid groups (broad SMARTS) is 1. The fraction of sp³-hybridized carbons (Fsp3) is 0.542. The summed E-state index contributed by atoms with van der Waals surface area (Å²) in [4.78, 5) is 35.8. The molecular weight excluding hydrogens is 398 g/mol. The molecule has 1 amide bonds. The van der Waals surface area contributed by atoms with Crippen LogP contribution in [0.5, 0.6) is 5.75 Å². The first kappa shape index (κ1) is 21.4. The maximum absolute atomic E-state index is 12.5. The number of carbonyl (C=O) groups excluding carboxylic acids is 2. The molecule has 0 radical (unpaired) electrons. The highest BCUT2D eigenvalue weighted by Gasteiger charge is 2.25. The fourth-order valence-electron chi connectivity index (χ4n) is 4.83. The van der Waals surface area contributed by atoms with Gasteiger partial charge in [-0.05, 0) is 88.3 Å². The number of carboxylic acids is 1. The van der Waals surface area contributed by atoms with E-state index in [-0.39, 0.29) is 23.4 Å². The van der Waals surface area contributed by atoms with E-state index >= 15 is 0 Å². The van der Waals surface area contributed by atoms with Crippen LogP contribution in [-0.4, -0.2) is 24.5 Å². The third-order valence-corrected chi connectivity index (χ3v) is 6.76. The van der Waals surface area contributed by atoms with Crippen LogP contribution in [0, 0.1) is 18.8 Å². The Morgan fingerprint density at radius 2 is 1.90 bits per heavy atom. The summed E-state index contributed by atoms with van der Waals surface area (Å²) >= 11 is 0. The molecule has 0 aliphatic heterocycles. The number of fused-ring (bicyclic) bond motifs is 3. The molecule has 0 bridgehead atoms. The van der Waals surface area contributed by atoms with Gasteiger partial charge in [0.1, 0.15) is 11.3 Å². The monoisotopic (exact) mass is 426 g/mol. The number of ether oxygens (including phenoxy) is 1. The Hall–Kier alpha value is -2.83. The molecule has 1 saturated carbocycles. The minimum absolute atomic E-state index is 0.225. The Labute approximate surface area is 180 Å². The first-order chi connectivity index (χ1) is 14.8. The van der Waals surface area contributed by atoms with E-state index in [0.717, 1.165) is 48.6 Å². The fourth-order valence-corrected chi connectivity index (χ4v) is 4.83. The summed E-state index contributed by atoms with van der Waals surface area (Å²) in [5, 5.41) is 14.8. The molecule has 1 aromatic heterocycles. The molecule has 1 aromatic carbocycles. The van der Waals surface area contributed by atoms with Gasteiger partial charge >= 0.3 is 5.63 Å². The van der Waals surface area contributed by atoms with E-state index < -0.39 is 12.1 Å². The Bertz CT molecular complexity index is 1060. The van der Waals surface area contributed by atoms with Gasteiger partial charge in [0.05, 0.1) is 0 Å². The average molecular weight is 426 g/mol. The van der Waals surface area contributed by atoms with Crippen LogP contribution in [0.15, 0.2) is 21.3 Å². The second kappa shape index (κ2) is 8.73. The van der Waals surface area contributed by atoms with Crippen molar-refractivity contribution in [3.8, 4) is 5.75 Å². The molecule has 7 nitrogen and oxygen atoms in total. The summed E-state index contributed by atoms with van der Waals surface area (Å²) in [6, 6.07) is 3.74. The van der Waals surface area contributed by atoms with Crippen LogP contribution in [0.4, 0.5) is 0 Å². The van der Waals surface area contributed by atoms with Crippen molar-refractivity contribution in [2.24, 2.45) is 11.8 Å².